The van der Waals surface area contributed by atoms with Gasteiger partial charge in [0.2, 0.25) is 17.7 Å². The van der Waals surface area contributed by atoms with Crippen molar-refractivity contribution < 1.29 is 19.2 Å². The lowest BCUT2D eigenvalue weighted by Gasteiger charge is -2.43. The molecule has 3 aliphatic rings. The number of hydrazine groups is 1. The normalized spacial score (nSPS) is 26.4. The molecule has 0 radical (unpaired) electrons. The van der Waals surface area contributed by atoms with Crippen LogP contribution in [0.4, 0.5) is 4.79 Å². The fourth-order valence-corrected chi connectivity index (χ4v) is 3.51. The Bertz CT molecular complexity index is 476. The van der Waals surface area contributed by atoms with Crippen LogP contribution >= 0.6 is 0 Å². The molecule has 2 saturated heterocycles. The zero-order valence-corrected chi connectivity index (χ0v) is 11.2. The first-order chi connectivity index (χ1) is 9.51. The summed E-state index contributed by atoms with van der Waals surface area (Å²) in [5, 5.41) is 3.86. The van der Waals surface area contributed by atoms with Crippen molar-refractivity contribution in [2.24, 2.45) is 5.41 Å². The van der Waals surface area contributed by atoms with Gasteiger partial charge in [-0.2, -0.15) is 5.01 Å². The quantitative estimate of drug-likeness (QED) is 0.561. The highest BCUT2D eigenvalue weighted by Crippen LogP contribution is 2.45. The maximum atomic E-state index is 12.3. The maximum absolute atomic E-state index is 12.3. The average molecular weight is 279 g/mol. The fraction of sp³-hybridized carbons (Fsp3) is 0.692. The minimum atomic E-state index is -0.698. The minimum Gasteiger partial charge on any atom is -0.275 e. The average Bonchev–Trinajstić information content (AvgIpc) is 2.68. The Morgan fingerprint density at radius 2 is 1.50 bits per heavy atom. The van der Waals surface area contributed by atoms with E-state index in [2.05, 4.69) is 5.32 Å². The molecule has 2 aliphatic heterocycles. The number of carbonyl (C=O) groups excluding carboxylic acids is 4. The molecule has 1 N–H and O–H groups in total. The van der Waals surface area contributed by atoms with E-state index in [1.165, 1.54) is 0 Å². The third-order valence-electron chi connectivity index (χ3n) is 4.45. The first-order valence-corrected chi connectivity index (χ1v) is 6.98. The summed E-state index contributed by atoms with van der Waals surface area (Å²) in [4.78, 5) is 47.4. The van der Waals surface area contributed by atoms with Crippen LogP contribution in [0.25, 0.3) is 0 Å². The first kappa shape index (κ1) is 13.1. The number of nitrogens with zero attached hydrogens (tertiary/aromatic N) is 2. The summed E-state index contributed by atoms with van der Waals surface area (Å²) in [6, 6.07) is -0.698. The molecule has 0 atom stereocenters. The van der Waals surface area contributed by atoms with E-state index in [4.69, 9.17) is 0 Å². The molecule has 108 valence electrons. The minimum absolute atomic E-state index is 0.219. The third-order valence-corrected chi connectivity index (χ3v) is 4.45. The van der Waals surface area contributed by atoms with Gasteiger partial charge in [0, 0.05) is 12.8 Å². The Labute approximate surface area is 116 Å². The Morgan fingerprint density at radius 3 is 2.00 bits per heavy atom. The van der Waals surface area contributed by atoms with E-state index >= 15 is 0 Å². The molecule has 3 fully saturated rings. The van der Waals surface area contributed by atoms with E-state index in [0.717, 1.165) is 42.1 Å². The second-order valence-corrected chi connectivity index (χ2v) is 5.92. The molecule has 1 aliphatic carbocycles. The standard InChI is InChI=1S/C13H17N3O4/c17-9-8-15(12(20)14-9)16-10(18)6-13(7-11(16)19)4-2-1-3-5-13/h1-8H2,(H,14,17,20). The third kappa shape index (κ3) is 2.07. The van der Waals surface area contributed by atoms with E-state index in [0.29, 0.717) is 0 Å². The van der Waals surface area contributed by atoms with Crippen LogP contribution in [0.5, 0.6) is 0 Å². The van der Waals surface area contributed by atoms with E-state index in [1.807, 2.05) is 0 Å². The van der Waals surface area contributed by atoms with Crippen molar-refractivity contribution in [1.29, 1.82) is 0 Å². The van der Waals surface area contributed by atoms with Gasteiger partial charge in [-0.25, -0.2) is 9.80 Å². The Hall–Kier alpha value is -1.92. The molecule has 2 heterocycles. The number of hydrogen-bond acceptors (Lipinski definition) is 4. The van der Waals surface area contributed by atoms with Crippen LogP contribution in [0.15, 0.2) is 0 Å². The smallest absolute Gasteiger partial charge is 0.275 e. The molecule has 20 heavy (non-hydrogen) atoms. The van der Waals surface area contributed by atoms with Crippen LogP contribution in [0.1, 0.15) is 44.9 Å². The molecule has 5 amide bonds. The molecule has 0 aromatic rings. The summed E-state index contributed by atoms with van der Waals surface area (Å²) in [6.45, 7) is -0.261. The lowest BCUT2D eigenvalue weighted by atomic mass is 9.68. The van der Waals surface area contributed by atoms with Crippen molar-refractivity contribution in [3.63, 3.8) is 0 Å². The monoisotopic (exact) mass is 279 g/mol. The Kier molecular flexibility index (Phi) is 2.99. The molecule has 0 aromatic heterocycles. The zero-order chi connectivity index (χ0) is 14.3. The summed E-state index contributed by atoms with van der Waals surface area (Å²) in [5.41, 5.74) is -0.219. The zero-order valence-electron chi connectivity index (χ0n) is 11.2. The summed E-state index contributed by atoms with van der Waals surface area (Å²) >= 11 is 0. The van der Waals surface area contributed by atoms with Crippen LogP contribution in [0, 0.1) is 5.41 Å². The lowest BCUT2D eigenvalue weighted by Crippen LogP contribution is -2.57. The predicted molar refractivity (Wildman–Crippen MR) is 66.8 cm³/mol. The van der Waals surface area contributed by atoms with Gasteiger partial charge in [-0.3, -0.25) is 19.7 Å². The maximum Gasteiger partial charge on any atom is 0.343 e. The highest BCUT2D eigenvalue weighted by molar-refractivity contribution is 6.06. The highest BCUT2D eigenvalue weighted by atomic mass is 16.2. The first-order valence-electron chi connectivity index (χ1n) is 6.98. The number of carbonyl (C=O) groups is 4. The van der Waals surface area contributed by atoms with Gasteiger partial charge in [-0.1, -0.05) is 19.3 Å². The molecule has 0 bridgehead atoms. The number of urea groups is 1. The van der Waals surface area contributed by atoms with Crippen molar-refractivity contribution >= 4 is 23.8 Å². The van der Waals surface area contributed by atoms with Crippen molar-refractivity contribution in [2.75, 3.05) is 6.54 Å². The van der Waals surface area contributed by atoms with E-state index in [1.54, 1.807) is 0 Å². The van der Waals surface area contributed by atoms with Crippen LogP contribution in [-0.4, -0.2) is 40.3 Å². The number of hydrogen-bond donors (Lipinski definition) is 1. The van der Waals surface area contributed by atoms with Gasteiger partial charge in [0.25, 0.3) is 0 Å². The van der Waals surface area contributed by atoms with Crippen LogP contribution in [0.3, 0.4) is 0 Å². The fourth-order valence-electron chi connectivity index (χ4n) is 3.51. The molecule has 7 heteroatoms. The number of imide groups is 2. The molecule has 1 spiro atoms. The second kappa shape index (κ2) is 4.57. The largest absolute Gasteiger partial charge is 0.343 e. The van der Waals surface area contributed by atoms with Crippen LogP contribution in [-0.2, 0) is 14.4 Å². The molecule has 3 rings (SSSR count). The summed E-state index contributed by atoms with van der Waals surface area (Å²) in [7, 11) is 0. The number of nitrogens with one attached hydrogen (secondary N) is 1. The highest BCUT2D eigenvalue weighted by Gasteiger charge is 2.48. The summed E-state index contributed by atoms with van der Waals surface area (Å²) < 4.78 is 0. The van der Waals surface area contributed by atoms with Gasteiger partial charge in [0.15, 0.2) is 0 Å². The predicted octanol–water partition coefficient (Wildman–Crippen LogP) is 0.553. The summed E-state index contributed by atoms with van der Waals surface area (Å²) in [6.07, 6.45) is 5.60. The Morgan fingerprint density at radius 1 is 0.900 bits per heavy atom. The van der Waals surface area contributed by atoms with E-state index in [9.17, 15) is 19.2 Å². The van der Waals surface area contributed by atoms with Crippen molar-refractivity contribution in [1.82, 2.24) is 15.3 Å². The van der Waals surface area contributed by atoms with Gasteiger partial charge < -0.3 is 0 Å². The molecule has 0 unspecified atom stereocenters. The van der Waals surface area contributed by atoms with Gasteiger partial charge >= 0.3 is 6.03 Å². The van der Waals surface area contributed by atoms with Gasteiger partial charge in [-0.15, -0.1) is 0 Å². The molecule has 7 nitrogen and oxygen atoms in total. The molecule has 1 saturated carbocycles. The summed E-state index contributed by atoms with van der Waals surface area (Å²) in [5.74, 6) is -1.23. The lowest BCUT2D eigenvalue weighted by molar-refractivity contribution is -0.169. The SMILES string of the molecule is O=C1CN(N2C(=O)CC3(CCCCC3)CC2=O)C(=O)N1. The van der Waals surface area contributed by atoms with Crippen molar-refractivity contribution in [3.05, 3.63) is 0 Å². The second-order valence-electron chi connectivity index (χ2n) is 5.92. The topological polar surface area (TPSA) is 86.8 Å². The molecule has 0 aromatic carbocycles. The van der Waals surface area contributed by atoms with E-state index in [-0.39, 0.29) is 36.6 Å². The van der Waals surface area contributed by atoms with E-state index < -0.39 is 11.9 Å². The van der Waals surface area contributed by atoms with Crippen molar-refractivity contribution in [3.8, 4) is 0 Å². The van der Waals surface area contributed by atoms with Gasteiger partial charge in [0.1, 0.15) is 6.54 Å². The Balaban J connectivity index is 1.79. The van der Waals surface area contributed by atoms with Crippen LogP contribution < -0.4 is 5.32 Å². The van der Waals surface area contributed by atoms with Gasteiger partial charge in [0.05, 0.1) is 0 Å². The number of piperidine rings is 1. The van der Waals surface area contributed by atoms with Crippen LogP contribution in [0.2, 0.25) is 0 Å². The van der Waals surface area contributed by atoms with Crippen molar-refractivity contribution in [2.45, 2.75) is 44.9 Å². The molecular weight excluding hydrogens is 262 g/mol. The number of amides is 5. The number of rotatable bonds is 1. The van der Waals surface area contributed by atoms with Gasteiger partial charge in [-0.05, 0) is 18.3 Å². The molecular formula is C13H17N3O4.